The topological polar surface area (TPSA) is 49.4 Å². The van der Waals surface area contributed by atoms with Gasteiger partial charge in [-0.2, -0.15) is 0 Å². The van der Waals surface area contributed by atoms with E-state index < -0.39 is 0 Å². The van der Waals surface area contributed by atoms with Gasteiger partial charge in [0.2, 0.25) is 11.8 Å². The molecule has 1 N–H and O–H groups in total. The fraction of sp³-hybridized carbons (Fsp3) is 0.529. The molecular weight excluding hydrogens is 264 g/mol. The van der Waals surface area contributed by atoms with Gasteiger partial charge in [-0.1, -0.05) is 13.0 Å². The van der Waals surface area contributed by atoms with Crippen molar-refractivity contribution in [3.63, 3.8) is 0 Å². The van der Waals surface area contributed by atoms with Gasteiger partial charge >= 0.3 is 0 Å². The standard InChI is InChI=1S/C17H24N2O2/c1-5-13(4)18-17(21)14-9-16(20)19(10-14)15-7-6-11(2)12(3)8-15/h6-8,13-14H,5,9-10H2,1-4H3,(H,18,21)/t13-,14-/m0/s1. The summed E-state index contributed by atoms with van der Waals surface area (Å²) in [6.07, 6.45) is 1.20. The van der Waals surface area contributed by atoms with Crippen molar-refractivity contribution in [3.05, 3.63) is 29.3 Å². The predicted octanol–water partition coefficient (Wildman–Crippen LogP) is 2.57. The first-order chi connectivity index (χ1) is 9.92. The number of amides is 2. The van der Waals surface area contributed by atoms with Crippen LogP contribution in [0.1, 0.15) is 37.8 Å². The Balaban J connectivity index is 2.09. The maximum atomic E-state index is 12.2. The van der Waals surface area contributed by atoms with Crippen LogP contribution in [0.3, 0.4) is 0 Å². The fourth-order valence-corrected chi connectivity index (χ4v) is 2.49. The third-order valence-electron chi connectivity index (χ3n) is 4.30. The number of rotatable bonds is 4. The number of nitrogens with zero attached hydrogens (tertiary/aromatic N) is 1. The van der Waals surface area contributed by atoms with Crippen molar-refractivity contribution < 1.29 is 9.59 Å². The zero-order valence-corrected chi connectivity index (χ0v) is 13.3. The quantitative estimate of drug-likeness (QED) is 0.925. The summed E-state index contributed by atoms with van der Waals surface area (Å²) < 4.78 is 0. The van der Waals surface area contributed by atoms with Crippen molar-refractivity contribution >= 4 is 17.5 Å². The predicted molar refractivity (Wildman–Crippen MR) is 84.3 cm³/mol. The Morgan fingerprint density at radius 1 is 1.38 bits per heavy atom. The third kappa shape index (κ3) is 3.43. The molecule has 1 fully saturated rings. The fourth-order valence-electron chi connectivity index (χ4n) is 2.49. The largest absolute Gasteiger partial charge is 0.353 e. The Bertz CT molecular complexity index is 554. The first-order valence-corrected chi connectivity index (χ1v) is 7.60. The van der Waals surface area contributed by atoms with Crippen molar-refractivity contribution in [2.75, 3.05) is 11.4 Å². The molecule has 2 rings (SSSR count). The molecule has 0 aliphatic carbocycles. The Morgan fingerprint density at radius 3 is 2.71 bits per heavy atom. The van der Waals surface area contributed by atoms with Gasteiger partial charge in [-0.25, -0.2) is 0 Å². The van der Waals surface area contributed by atoms with Gasteiger partial charge in [-0.3, -0.25) is 9.59 Å². The molecule has 4 heteroatoms. The van der Waals surface area contributed by atoms with E-state index in [0.29, 0.717) is 13.0 Å². The van der Waals surface area contributed by atoms with E-state index in [1.165, 1.54) is 5.56 Å². The molecule has 1 aromatic rings. The van der Waals surface area contributed by atoms with Crippen LogP contribution in [0.25, 0.3) is 0 Å². The maximum absolute atomic E-state index is 12.2. The van der Waals surface area contributed by atoms with Gasteiger partial charge in [-0.05, 0) is 50.5 Å². The van der Waals surface area contributed by atoms with Crippen LogP contribution < -0.4 is 10.2 Å². The number of aryl methyl sites for hydroxylation is 2. The third-order valence-corrected chi connectivity index (χ3v) is 4.30. The summed E-state index contributed by atoms with van der Waals surface area (Å²) in [5, 5.41) is 2.97. The molecular formula is C17H24N2O2. The highest BCUT2D eigenvalue weighted by atomic mass is 16.2. The van der Waals surface area contributed by atoms with Crippen LogP contribution in [0.2, 0.25) is 0 Å². The number of nitrogens with one attached hydrogen (secondary N) is 1. The lowest BCUT2D eigenvalue weighted by molar-refractivity contribution is -0.126. The summed E-state index contributed by atoms with van der Waals surface area (Å²) in [6.45, 7) is 8.57. The van der Waals surface area contributed by atoms with Crippen molar-refractivity contribution in [2.24, 2.45) is 5.92 Å². The Hall–Kier alpha value is -1.84. The highest BCUT2D eigenvalue weighted by molar-refractivity contribution is 6.00. The SMILES string of the molecule is CC[C@H](C)NC(=O)[C@H]1CC(=O)N(c2ccc(C)c(C)c2)C1. The Kier molecular flexibility index (Phi) is 4.66. The zero-order valence-electron chi connectivity index (χ0n) is 13.3. The van der Waals surface area contributed by atoms with Crippen molar-refractivity contribution in [3.8, 4) is 0 Å². The van der Waals surface area contributed by atoms with Crippen LogP contribution in [0.4, 0.5) is 5.69 Å². The molecule has 21 heavy (non-hydrogen) atoms. The summed E-state index contributed by atoms with van der Waals surface area (Å²) in [5.41, 5.74) is 3.26. The van der Waals surface area contributed by atoms with E-state index in [9.17, 15) is 9.59 Å². The van der Waals surface area contributed by atoms with Gasteiger partial charge in [0.1, 0.15) is 0 Å². The van der Waals surface area contributed by atoms with E-state index in [1.807, 2.05) is 45.9 Å². The molecule has 1 aliphatic heterocycles. The van der Waals surface area contributed by atoms with Crippen molar-refractivity contribution in [1.82, 2.24) is 5.32 Å². The highest BCUT2D eigenvalue weighted by Crippen LogP contribution is 2.27. The van der Waals surface area contributed by atoms with Gasteiger partial charge in [0, 0.05) is 24.7 Å². The molecule has 0 unspecified atom stereocenters. The monoisotopic (exact) mass is 288 g/mol. The smallest absolute Gasteiger partial charge is 0.227 e. The second kappa shape index (κ2) is 6.29. The van der Waals surface area contributed by atoms with Gasteiger partial charge < -0.3 is 10.2 Å². The van der Waals surface area contributed by atoms with Crippen molar-refractivity contribution in [2.45, 2.75) is 46.6 Å². The van der Waals surface area contributed by atoms with Crippen LogP contribution in [-0.4, -0.2) is 24.4 Å². The molecule has 2 amide bonds. The van der Waals surface area contributed by atoms with Crippen LogP contribution in [0, 0.1) is 19.8 Å². The minimum absolute atomic E-state index is 0.0102. The molecule has 1 aliphatic rings. The second-order valence-corrected chi connectivity index (χ2v) is 5.99. The van der Waals surface area contributed by atoms with Crippen LogP contribution >= 0.6 is 0 Å². The molecule has 0 saturated carbocycles. The van der Waals surface area contributed by atoms with E-state index in [0.717, 1.165) is 17.7 Å². The summed E-state index contributed by atoms with van der Waals surface area (Å²) >= 11 is 0. The van der Waals surface area contributed by atoms with Gasteiger partial charge in [0.15, 0.2) is 0 Å². The summed E-state index contributed by atoms with van der Waals surface area (Å²) in [5.74, 6) is -0.223. The number of benzene rings is 1. The number of carbonyl (C=O) groups excluding carboxylic acids is 2. The van der Waals surface area contributed by atoms with Gasteiger partial charge in [0.05, 0.1) is 5.92 Å². The first kappa shape index (κ1) is 15.5. The number of hydrogen-bond donors (Lipinski definition) is 1. The molecule has 1 saturated heterocycles. The van der Waals surface area contributed by atoms with Gasteiger partial charge in [0.25, 0.3) is 0 Å². The summed E-state index contributed by atoms with van der Waals surface area (Å²) in [4.78, 5) is 26.1. The lowest BCUT2D eigenvalue weighted by Gasteiger charge is -2.19. The molecule has 0 spiro atoms. The number of carbonyl (C=O) groups is 2. The Labute approximate surface area is 126 Å². The van der Waals surface area contributed by atoms with Gasteiger partial charge in [-0.15, -0.1) is 0 Å². The number of hydrogen-bond acceptors (Lipinski definition) is 2. The van der Waals surface area contributed by atoms with Crippen LogP contribution in [0.5, 0.6) is 0 Å². The molecule has 1 heterocycles. The molecule has 0 radical (unpaired) electrons. The Morgan fingerprint density at radius 2 is 2.10 bits per heavy atom. The van der Waals surface area contributed by atoms with Crippen LogP contribution in [-0.2, 0) is 9.59 Å². The molecule has 114 valence electrons. The first-order valence-electron chi connectivity index (χ1n) is 7.60. The summed E-state index contributed by atoms with van der Waals surface area (Å²) in [7, 11) is 0. The lowest BCUT2D eigenvalue weighted by Crippen LogP contribution is -2.38. The van der Waals surface area contributed by atoms with E-state index in [1.54, 1.807) is 4.90 Å². The molecule has 2 atom stereocenters. The maximum Gasteiger partial charge on any atom is 0.227 e. The average Bonchev–Trinajstić information content (AvgIpc) is 2.84. The van der Waals surface area contributed by atoms with E-state index in [2.05, 4.69) is 5.32 Å². The minimum Gasteiger partial charge on any atom is -0.353 e. The second-order valence-electron chi connectivity index (χ2n) is 5.99. The van der Waals surface area contributed by atoms with E-state index in [4.69, 9.17) is 0 Å². The zero-order chi connectivity index (χ0) is 15.6. The number of anilines is 1. The molecule has 0 bridgehead atoms. The van der Waals surface area contributed by atoms with Crippen LogP contribution in [0.15, 0.2) is 18.2 Å². The summed E-state index contributed by atoms with van der Waals surface area (Å²) in [6, 6.07) is 6.14. The molecule has 1 aromatic carbocycles. The molecule has 0 aromatic heterocycles. The minimum atomic E-state index is -0.242. The lowest BCUT2D eigenvalue weighted by atomic mass is 10.1. The normalized spacial score (nSPS) is 19.7. The van der Waals surface area contributed by atoms with E-state index in [-0.39, 0.29) is 23.8 Å². The van der Waals surface area contributed by atoms with Crippen molar-refractivity contribution in [1.29, 1.82) is 0 Å². The molecule has 4 nitrogen and oxygen atoms in total. The average molecular weight is 288 g/mol. The highest BCUT2D eigenvalue weighted by Gasteiger charge is 2.35. The van der Waals surface area contributed by atoms with E-state index >= 15 is 0 Å².